The Kier molecular flexibility index (Phi) is 9.33. The van der Waals surface area contributed by atoms with E-state index in [0.29, 0.717) is 19.7 Å². The second kappa shape index (κ2) is 11.7. The quantitative estimate of drug-likeness (QED) is 0.277. The molecule has 0 spiro atoms. The number of fused-ring (bicyclic) bond motifs is 1. The van der Waals surface area contributed by atoms with Crippen molar-refractivity contribution in [3.63, 3.8) is 0 Å². The molecule has 1 aromatic carbocycles. The van der Waals surface area contributed by atoms with Crippen LogP contribution < -0.4 is 10.6 Å². The summed E-state index contributed by atoms with van der Waals surface area (Å²) < 4.78 is 7.65. The molecule has 7 nitrogen and oxygen atoms in total. The van der Waals surface area contributed by atoms with E-state index in [4.69, 9.17) is 9.73 Å². The third-order valence-electron chi connectivity index (χ3n) is 4.14. The number of aliphatic imine (C=N–C) groups is 1. The summed E-state index contributed by atoms with van der Waals surface area (Å²) in [4.78, 5) is 4.70. The van der Waals surface area contributed by atoms with Crippen LogP contribution in [-0.2, 0) is 24.4 Å². The number of rotatable bonds is 8. The van der Waals surface area contributed by atoms with E-state index in [9.17, 15) is 0 Å². The fourth-order valence-corrected chi connectivity index (χ4v) is 2.77. The number of ether oxygens (including phenoxy) is 1. The van der Waals surface area contributed by atoms with E-state index in [2.05, 4.69) is 39.0 Å². The van der Waals surface area contributed by atoms with Crippen molar-refractivity contribution in [2.24, 2.45) is 4.99 Å². The number of benzene rings is 1. The first-order valence-electron chi connectivity index (χ1n) is 9.66. The Hall–Kier alpha value is -2.20. The summed E-state index contributed by atoms with van der Waals surface area (Å²) in [6.45, 7) is 8.67. The normalized spacial score (nSPS) is 11.5. The fourth-order valence-electron chi connectivity index (χ4n) is 2.77. The van der Waals surface area contributed by atoms with Crippen molar-refractivity contribution in [3.05, 3.63) is 65.6 Å². The van der Waals surface area contributed by atoms with Crippen molar-refractivity contribution < 1.29 is 4.74 Å². The maximum atomic E-state index is 5.69. The standard InChI is InChI=1S/C21H28N6O.HI/c1-4-22-21(24-14-20-26-25-19-10-5-6-11-27(19)20)23-13-17-8-7-9-18(12-17)15-28-16(2)3;/h5-12,16H,4,13-15H2,1-3H3,(H2,22,23,24);1H. The van der Waals surface area contributed by atoms with Gasteiger partial charge in [0.05, 0.1) is 25.8 Å². The highest BCUT2D eigenvalue weighted by Gasteiger charge is 2.06. The SMILES string of the molecule is CCNC(=NCc1cccc(COC(C)C)c1)NCc1nnc2ccccn12.I. The molecular formula is C21H29IN6O. The molecule has 29 heavy (non-hydrogen) atoms. The highest BCUT2D eigenvalue weighted by atomic mass is 127. The number of nitrogens with one attached hydrogen (secondary N) is 2. The Labute approximate surface area is 189 Å². The average Bonchev–Trinajstić information content (AvgIpc) is 3.12. The van der Waals surface area contributed by atoms with E-state index in [1.54, 1.807) is 0 Å². The predicted molar refractivity (Wildman–Crippen MR) is 126 cm³/mol. The minimum atomic E-state index is 0. The van der Waals surface area contributed by atoms with E-state index in [-0.39, 0.29) is 30.1 Å². The Morgan fingerprint density at radius 3 is 2.72 bits per heavy atom. The topological polar surface area (TPSA) is 75.8 Å². The van der Waals surface area contributed by atoms with Gasteiger partial charge in [0.1, 0.15) is 0 Å². The summed E-state index contributed by atoms with van der Waals surface area (Å²) >= 11 is 0. The first-order valence-corrected chi connectivity index (χ1v) is 9.66. The minimum absolute atomic E-state index is 0. The van der Waals surface area contributed by atoms with Crippen molar-refractivity contribution in [3.8, 4) is 0 Å². The van der Waals surface area contributed by atoms with Crippen LogP contribution in [-0.4, -0.2) is 33.2 Å². The van der Waals surface area contributed by atoms with Gasteiger partial charge in [0, 0.05) is 12.7 Å². The average molecular weight is 508 g/mol. The van der Waals surface area contributed by atoms with Gasteiger partial charge in [-0.3, -0.25) is 4.40 Å². The Balaban J connectivity index is 0.00000300. The lowest BCUT2D eigenvalue weighted by Crippen LogP contribution is -2.37. The van der Waals surface area contributed by atoms with Gasteiger partial charge in [0.15, 0.2) is 17.4 Å². The summed E-state index contributed by atoms with van der Waals surface area (Å²) in [5, 5.41) is 15.0. The van der Waals surface area contributed by atoms with Gasteiger partial charge in [-0.2, -0.15) is 0 Å². The van der Waals surface area contributed by atoms with Gasteiger partial charge in [-0.05, 0) is 44.0 Å². The van der Waals surface area contributed by atoms with E-state index >= 15 is 0 Å². The summed E-state index contributed by atoms with van der Waals surface area (Å²) in [5.41, 5.74) is 3.14. The van der Waals surface area contributed by atoms with Crippen LogP contribution in [0, 0.1) is 0 Å². The molecule has 0 fully saturated rings. The summed E-state index contributed by atoms with van der Waals surface area (Å²) in [6, 6.07) is 14.2. The lowest BCUT2D eigenvalue weighted by Gasteiger charge is -2.11. The van der Waals surface area contributed by atoms with Gasteiger partial charge in [0.2, 0.25) is 0 Å². The van der Waals surface area contributed by atoms with Crippen LogP contribution in [0.4, 0.5) is 0 Å². The van der Waals surface area contributed by atoms with Crippen LogP contribution in [0.3, 0.4) is 0 Å². The van der Waals surface area contributed by atoms with Crippen molar-refractivity contribution >= 4 is 35.6 Å². The molecule has 2 heterocycles. The number of guanidine groups is 1. The molecule has 0 atom stereocenters. The lowest BCUT2D eigenvalue weighted by molar-refractivity contribution is 0.0657. The zero-order chi connectivity index (χ0) is 19.8. The van der Waals surface area contributed by atoms with Crippen molar-refractivity contribution in [1.82, 2.24) is 25.2 Å². The van der Waals surface area contributed by atoms with Crippen LogP contribution in [0.2, 0.25) is 0 Å². The first kappa shape index (κ1) is 23.1. The number of nitrogens with zero attached hydrogens (tertiary/aromatic N) is 4. The van der Waals surface area contributed by atoms with Gasteiger partial charge in [-0.1, -0.05) is 30.3 Å². The summed E-state index contributed by atoms with van der Waals surface area (Å²) in [5.74, 6) is 1.59. The molecule has 0 aliphatic rings. The predicted octanol–water partition coefficient (Wildman–Crippen LogP) is 3.53. The minimum Gasteiger partial charge on any atom is -0.374 e. The van der Waals surface area contributed by atoms with Gasteiger partial charge in [0.25, 0.3) is 0 Å². The zero-order valence-corrected chi connectivity index (χ0v) is 19.5. The number of halogens is 1. The molecule has 0 amide bonds. The smallest absolute Gasteiger partial charge is 0.191 e. The molecule has 2 aromatic heterocycles. The van der Waals surface area contributed by atoms with Gasteiger partial charge in [-0.15, -0.1) is 34.2 Å². The van der Waals surface area contributed by atoms with Gasteiger partial charge in [-0.25, -0.2) is 4.99 Å². The molecule has 0 saturated heterocycles. The van der Waals surface area contributed by atoms with Gasteiger partial charge < -0.3 is 15.4 Å². The first-order chi connectivity index (χ1) is 13.7. The number of hydrogen-bond acceptors (Lipinski definition) is 4. The third kappa shape index (κ3) is 6.97. The molecule has 156 valence electrons. The second-order valence-electron chi connectivity index (χ2n) is 6.77. The second-order valence-corrected chi connectivity index (χ2v) is 6.77. The summed E-state index contributed by atoms with van der Waals surface area (Å²) in [6.07, 6.45) is 2.18. The van der Waals surface area contributed by atoms with Crippen molar-refractivity contribution in [1.29, 1.82) is 0 Å². The van der Waals surface area contributed by atoms with Gasteiger partial charge >= 0.3 is 0 Å². The monoisotopic (exact) mass is 508 g/mol. The molecule has 3 aromatic rings. The Morgan fingerprint density at radius 2 is 1.93 bits per heavy atom. The molecule has 0 radical (unpaired) electrons. The van der Waals surface area contributed by atoms with E-state index in [0.717, 1.165) is 35.1 Å². The largest absolute Gasteiger partial charge is 0.374 e. The molecule has 0 unspecified atom stereocenters. The Morgan fingerprint density at radius 1 is 1.10 bits per heavy atom. The van der Waals surface area contributed by atoms with Crippen LogP contribution >= 0.6 is 24.0 Å². The maximum absolute atomic E-state index is 5.69. The van der Waals surface area contributed by atoms with Crippen molar-refractivity contribution in [2.75, 3.05) is 6.54 Å². The van der Waals surface area contributed by atoms with E-state index in [1.165, 1.54) is 0 Å². The maximum Gasteiger partial charge on any atom is 0.191 e. The molecule has 0 bridgehead atoms. The molecular weight excluding hydrogens is 479 g/mol. The fraction of sp³-hybridized carbons (Fsp3) is 0.381. The highest BCUT2D eigenvalue weighted by Crippen LogP contribution is 2.09. The zero-order valence-electron chi connectivity index (χ0n) is 17.1. The number of hydrogen-bond donors (Lipinski definition) is 2. The number of aromatic nitrogens is 3. The molecule has 3 rings (SSSR count). The lowest BCUT2D eigenvalue weighted by atomic mass is 10.1. The molecule has 0 aliphatic carbocycles. The summed E-state index contributed by atoms with van der Waals surface area (Å²) in [7, 11) is 0. The van der Waals surface area contributed by atoms with Crippen LogP contribution in [0.1, 0.15) is 37.7 Å². The van der Waals surface area contributed by atoms with E-state index in [1.807, 2.05) is 55.6 Å². The Bertz CT molecular complexity index is 924. The van der Waals surface area contributed by atoms with E-state index < -0.39 is 0 Å². The third-order valence-corrected chi connectivity index (χ3v) is 4.14. The highest BCUT2D eigenvalue weighted by molar-refractivity contribution is 14.0. The van der Waals surface area contributed by atoms with Crippen LogP contribution in [0.5, 0.6) is 0 Å². The molecule has 0 aliphatic heterocycles. The molecule has 8 heteroatoms. The molecule has 0 saturated carbocycles. The van der Waals surface area contributed by atoms with Crippen molar-refractivity contribution in [2.45, 2.75) is 46.6 Å². The molecule has 2 N–H and O–H groups in total. The van der Waals surface area contributed by atoms with Crippen LogP contribution in [0.15, 0.2) is 53.7 Å². The van der Waals surface area contributed by atoms with Crippen LogP contribution in [0.25, 0.3) is 5.65 Å². The number of pyridine rings is 1.